The third-order valence-corrected chi connectivity index (χ3v) is 5.63. The van der Waals surface area contributed by atoms with Crippen molar-refractivity contribution in [1.82, 2.24) is 9.78 Å². The van der Waals surface area contributed by atoms with E-state index in [2.05, 4.69) is 28.6 Å². The summed E-state index contributed by atoms with van der Waals surface area (Å²) in [7, 11) is 0. The lowest BCUT2D eigenvalue weighted by Gasteiger charge is -2.06. The summed E-state index contributed by atoms with van der Waals surface area (Å²) in [6.45, 7) is 5.17. The van der Waals surface area contributed by atoms with Crippen molar-refractivity contribution < 1.29 is 9.53 Å². The van der Waals surface area contributed by atoms with Gasteiger partial charge in [0.2, 0.25) is 0 Å². The second-order valence-corrected chi connectivity index (χ2v) is 7.44. The molecule has 6 heteroatoms. The molecule has 0 saturated heterocycles. The number of hydrogen-bond acceptors (Lipinski definition) is 4. The largest absolute Gasteiger partial charge is 0.489 e. The molecule has 2 aromatic carbocycles. The van der Waals surface area contributed by atoms with Gasteiger partial charge in [0.15, 0.2) is 0 Å². The summed E-state index contributed by atoms with van der Waals surface area (Å²) in [5.41, 5.74) is 2.67. The first-order chi connectivity index (χ1) is 13.6. The van der Waals surface area contributed by atoms with Crippen LogP contribution < -0.4 is 10.1 Å². The van der Waals surface area contributed by atoms with Crippen LogP contribution in [0, 0.1) is 6.92 Å². The molecule has 28 heavy (non-hydrogen) atoms. The van der Waals surface area contributed by atoms with E-state index >= 15 is 0 Å². The minimum atomic E-state index is -0.124. The van der Waals surface area contributed by atoms with Crippen LogP contribution in [0.4, 0.5) is 5.69 Å². The number of rotatable bonds is 6. The molecule has 0 aliphatic heterocycles. The van der Waals surface area contributed by atoms with E-state index in [1.807, 2.05) is 54.2 Å². The number of carbonyl (C=O) groups excluding carboxylic acids is 1. The molecule has 0 saturated carbocycles. The van der Waals surface area contributed by atoms with Crippen molar-refractivity contribution in [3.63, 3.8) is 0 Å². The maximum atomic E-state index is 12.5. The standard InChI is InChI=1S/C22H21N3O2S/c1-3-25-15(2)20(12-23-25)24-22(26)21-10-16(14-28-21)13-27-19-9-8-17-6-4-5-7-18(17)11-19/h4-12,14H,3,13H2,1-2H3,(H,24,26). The van der Waals surface area contributed by atoms with Crippen LogP contribution in [0.15, 0.2) is 60.1 Å². The molecule has 4 aromatic rings. The lowest BCUT2D eigenvalue weighted by molar-refractivity contribution is 0.103. The molecule has 142 valence electrons. The number of aromatic nitrogens is 2. The summed E-state index contributed by atoms with van der Waals surface area (Å²) in [5, 5.41) is 11.5. The first-order valence-electron chi connectivity index (χ1n) is 9.17. The van der Waals surface area contributed by atoms with Crippen molar-refractivity contribution in [3.8, 4) is 5.75 Å². The zero-order valence-electron chi connectivity index (χ0n) is 15.8. The number of benzene rings is 2. The van der Waals surface area contributed by atoms with Gasteiger partial charge in [0.25, 0.3) is 5.91 Å². The third kappa shape index (κ3) is 3.77. The highest BCUT2D eigenvalue weighted by Crippen LogP contribution is 2.23. The van der Waals surface area contributed by atoms with Gasteiger partial charge in [0.1, 0.15) is 12.4 Å². The fourth-order valence-electron chi connectivity index (χ4n) is 3.07. The highest BCUT2D eigenvalue weighted by Gasteiger charge is 2.13. The second-order valence-electron chi connectivity index (χ2n) is 6.53. The van der Waals surface area contributed by atoms with E-state index in [-0.39, 0.29) is 5.91 Å². The summed E-state index contributed by atoms with van der Waals surface area (Å²) in [6, 6.07) is 16.1. The van der Waals surface area contributed by atoms with Gasteiger partial charge in [-0.05, 0) is 48.2 Å². The van der Waals surface area contributed by atoms with Crippen molar-refractivity contribution >= 4 is 33.7 Å². The lowest BCUT2D eigenvalue weighted by Crippen LogP contribution is -2.11. The van der Waals surface area contributed by atoms with Crippen LogP contribution in [0.5, 0.6) is 5.75 Å². The number of aryl methyl sites for hydroxylation is 1. The molecule has 0 unspecified atom stereocenters. The van der Waals surface area contributed by atoms with E-state index < -0.39 is 0 Å². The number of amides is 1. The van der Waals surface area contributed by atoms with E-state index in [9.17, 15) is 4.79 Å². The van der Waals surface area contributed by atoms with Gasteiger partial charge in [0.05, 0.1) is 22.5 Å². The Morgan fingerprint density at radius 1 is 1.18 bits per heavy atom. The molecule has 0 aliphatic rings. The molecule has 2 heterocycles. The number of hydrogen-bond donors (Lipinski definition) is 1. The highest BCUT2D eigenvalue weighted by atomic mass is 32.1. The minimum absolute atomic E-state index is 0.124. The van der Waals surface area contributed by atoms with Crippen molar-refractivity contribution in [2.75, 3.05) is 5.32 Å². The van der Waals surface area contributed by atoms with Gasteiger partial charge in [-0.25, -0.2) is 0 Å². The van der Waals surface area contributed by atoms with Crippen LogP contribution in [0.3, 0.4) is 0 Å². The van der Waals surface area contributed by atoms with Crippen molar-refractivity contribution in [3.05, 3.63) is 76.2 Å². The summed E-state index contributed by atoms with van der Waals surface area (Å²) >= 11 is 1.41. The number of nitrogens with zero attached hydrogens (tertiary/aromatic N) is 2. The Bertz CT molecular complexity index is 1130. The van der Waals surface area contributed by atoms with E-state index in [0.29, 0.717) is 11.5 Å². The van der Waals surface area contributed by atoms with Gasteiger partial charge in [-0.15, -0.1) is 11.3 Å². The monoisotopic (exact) mass is 391 g/mol. The molecular weight excluding hydrogens is 370 g/mol. The zero-order chi connectivity index (χ0) is 19.5. The lowest BCUT2D eigenvalue weighted by atomic mass is 10.1. The quantitative estimate of drug-likeness (QED) is 0.488. The molecule has 0 fully saturated rings. The number of thiophene rings is 1. The van der Waals surface area contributed by atoms with Crippen LogP contribution in [0.2, 0.25) is 0 Å². The van der Waals surface area contributed by atoms with Crippen LogP contribution in [-0.2, 0) is 13.2 Å². The van der Waals surface area contributed by atoms with E-state index in [0.717, 1.165) is 34.6 Å². The molecule has 4 rings (SSSR count). The average Bonchev–Trinajstić information content (AvgIpc) is 3.33. The molecule has 5 nitrogen and oxygen atoms in total. The molecular formula is C22H21N3O2S. The summed E-state index contributed by atoms with van der Waals surface area (Å²) in [5.74, 6) is 0.694. The Hall–Kier alpha value is -3.12. The number of nitrogens with one attached hydrogen (secondary N) is 1. The predicted octanol–water partition coefficient (Wildman–Crippen LogP) is 5.26. The van der Waals surface area contributed by atoms with Crippen LogP contribution in [0.1, 0.15) is 27.9 Å². The molecule has 0 bridgehead atoms. The number of anilines is 1. The molecule has 1 N–H and O–H groups in total. The van der Waals surface area contributed by atoms with Gasteiger partial charge in [-0.1, -0.05) is 30.3 Å². The number of fused-ring (bicyclic) bond motifs is 1. The van der Waals surface area contributed by atoms with Gasteiger partial charge < -0.3 is 10.1 Å². The molecule has 1 amide bonds. The van der Waals surface area contributed by atoms with E-state index in [1.54, 1.807) is 6.20 Å². The first kappa shape index (κ1) is 18.3. The normalized spacial score (nSPS) is 10.9. The van der Waals surface area contributed by atoms with Crippen molar-refractivity contribution in [2.45, 2.75) is 27.0 Å². The number of carbonyl (C=O) groups is 1. The Morgan fingerprint density at radius 3 is 2.79 bits per heavy atom. The Kier molecular flexibility index (Phi) is 5.12. The van der Waals surface area contributed by atoms with Gasteiger partial charge in [-0.2, -0.15) is 5.10 Å². The Balaban J connectivity index is 1.40. The first-order valence-corrected chi connectivity index (χ1v) is 10.0. The molecule has 0 radical (unpaired) electrons. The SMILES string of the molecule is CCn1ncc(NC(=O)c2cc(COc3ccc4ccccc4c3)cs2)c1C. The van der Waals surface area contributed by atoms with E-state index in [4.69, 9.17) is 4.74 Å². The van der Waals surface area contributed by atoms with Crippen molar-refractivity contribution in [1.29, 1.82) is 0 Å². The fraction of sp³-hybridized carbons (Fsp3) is 0.182. The Labute approximate surface area is 167 Å². The molecule has 0 spiro atoms. The second kappa shape index (κ2) is 7.86. The molecule has 0 atom stereocenters. The van der Waals surface area contributed by atoms with Crippen LogP contribution in [-0.4, -0.2) is 15.7 Å². The van der Waals surface area contributed by atoms with Gasteiger partial charge in [0, 0.05) is 12.1 Å². The fourth-order valence-corrected chi connectivity index (χ4v) is 3.86. The summed E-state index contributed by atoms with van der Waals surface area (Å²) in [4.78, 5) is 13.2. The third-order valence-electron chi connectivity index (χ3n) is 4.65. The van der Waals surface area contributed by atoms with Crippen LogP contribution >= 0.6 is 11.3 Å². The Morgan fingerprint density at radius 2 is 2.00 bits per heavy atom. The summed E-state index contributed by atoms with van der Waals surface area (Å²) in [6.07, 6.45) is 1.69. The summed E-state index contributed by atoms with van der Waals surface area (Å²) < 4.78 is 7.76. The molecule has 0 aliphatic carbocycles. The molecule has 2 aromatic heterocycles. The van der Waals surface area contributed by atoms with Gasteiger partial charge in [-0.3, -0.25) is 9.48 Å². The van der Waals surface area contributed by atoms with Crippen molar-refractivity contribution in [2.24, 2.45) is 0 Å². The van der Waals surface area contributed by atoms with Gasteiger partial charge >= 0.3 is 0 Å². The smallest absolute Gasteiger partial charge is 0.265 e. The van der Waals surface area contributed by atoms with E-state index in [1.165, 1.54) is 16.7 Å². The highest BCUT2D eigenvalue weighted by molar-refractivity contribution is 7.12. The number of ether oxygens (including phenoxy) is 1. The predicted molar refractivity (Wildman–Crippen MR) is 113 cm³/mol. The minimum Gasteiger partial charge on any atom is -0.489 e. The average molecular weight is 391 g/mol. The zero-order valence-corrected chi connectivity index (χ0v) is 16.6. The maximum Gasteiger partial charge on any atom is 0.265 e. The maximum absolute atomic E-state index is 12.5. The topological polar surface area (TPSA) is 56.2 Å². The van der Waals surface area contributed by atoms with Crippen LogP contribution in [0.25, 0.3) is 10.8 Å².